The van der Waals surface area contributed by atoms with E-state index >= 15 is 0 Å². The van der Waals surface area contributed by atoms with Crippen LogP contribution in [0.3, 0.4) is 0 Å². The predicted molar refractivity (Wildman–Crippen MR) is 130 cm³/mol. The van der Waals surface area contributed by atoms with E-state index < -0.39 is 0 Å². The van der Waals surface area contributed by atoms with E-state index in [1.807, 2.05) is 6.07 Å². The van der Waals surface area contributed by atoms with Crippen LogP contribution in [0.4, 0.5) is 15.2 Å². The summed E-state index contributed by atoms with van der Waals surface area (Å²) in [7, 11) is 0. The van der Waals surface area contributed by atoms with Crippen LogP contribution in [0.15, 0.2) is 77.8 Å². The fourth-order valence-electron chi connectivity index (χ4n) is 3.46. The molecular formula is C24H21FN4S2. The lowest BCUT2D eigenvalue weighted by Gasteiger charge is -2.05. The summed E-state index contributed by atoms with van der Waals surface area (Å²) in [6.45, 7) is 1.67. The van der Waals surface area contributed by atoms with Gasteiger partial charge in [-0.25, -0.2) is 14.4 Å². The summed E-state index contributed by atoms with van der Waals surface area (Å²) in [6, 6.07) is 23.6. The SMILES string of the molecule is Fc1ccc2nc(NCCc3ccc(/N=C4/NCC(c5ccccc5)S4)cc3)sc2c1. The van der Waals surface area contributed by atoms with Gasteiger partial charge in [-0.05, 0) is 47.9 Å². The van der Waals surface area contributed by atoms with E-state index in [0.717, 1.165) is 45.7 Å². The van der Waals surface area contributed by atoms with Crippen molar-refractivity contribution in [1.29, 1.82) is 0 Å². The van der Waals surface area contributed by atoms with Crippen LogP contribution in [0.1, 0.15) is 16.4 Å². The van der Waals surface area contributed by atoms with Crippen molar-refractivity contribution < 1.29 is 4.39 Å². The largest absolute Gasteiger partial charge is 0.363 e. The van der Waals surface area contributed by atoms with Gasteiger partial charge in [0, 0.05) is 13.1 Å². The van der Waals surface area contributed by atoms with Gasteiger partial charge in [-0.15, -0.1) is 0 Å². The molecule has 1 fully saturated rings. The van der Waals surface area contributed by atoms with Crippen molar-refractivity contribution in [3.8, 4) is 0 Å². The van der Waals surface area contributed by atoms with Gasteiger partial charge in [-0.3, -0.25) is 0 Å². The highest BCUT2D eigenvalue weighted by Gasteiger charge is 2.22. The molecular weight excluding hydrogens is 427 g/mol. The van der Waals surface area contributed by atoms with Gasteiger partial charge < -0.3 is 10.6 Å². The lowest BCUT2D eigenvalue weighted by atomic mass is 10.1. The Morgan fingerprint density at radius 3 is 2.74 bits per heavy atom. The third-order valence-electron chi connectivity index (χ3n) is 5.07. The first-order chi connectivity index (χ1) is 15.2. The van der Waals surface area contributed by atoms with E-state index in [2.05, 4.69) is 64.1 Å². The van der Waals surface area contributed by atoms with Gasteiger partial charge in [0.25, 0.3) is 0 Å². The number of thiazole rings is 1. The molecule has 1 aliphatic heterocycles. The molecule has 3 aromatic carbocycles. The quantitative estimate of drug-likeness (QED) is 0.371. The second kappa shape index (κ2) is 9.08. The second-order valence-corrected chi connectivity index (χ2v) is 9.51. The minimum atomic E-state index is -0.229. The summed E-state index contributed by atoms with van der Waals surface area (Å²) >= 11 is 3.25. The average molecular weight is 449 g/mol. The highest BCUT2D eigenvalue weighted by molar-refractivity contribution is 8.14. The number of rotatable bonds is 6. The van der Waals surface area contributed by atoms with Crippen LogP contribution >= 0.6 is 23.1 Å². The molecule has 1 atom stereocenters. The third-order valence-corrected chi connectivity index (χ3v) is 7.23. The molecule has 1 aromatic heterocycles. The summed E-state index contributed by atoms with van der Waals surface area (Å²) in [4.78, 5) is 9.25. The number of anilines is 1. The number of amidine groups is 1. The summed E-state index contributed by atoms with van der Waals surface area (Å²) in [5.74, 6) is -0.229. The van der Waals surface area contributed by atoms with Gasteiger partial charge in [-0.2, -0.15) is 0 Å². The number of benzene rings is 3. The number of fused-ring (bicyclic) bond motifs is 1. The van der Waals surface area contributed by atoms with E-state index in [1.54, 1.807) is 17.8 Å². The maximum absolute atomic E-state index is 13.3. The fourth-order valence-corrected chi connectivity index (χ4v) is 5.43. The zero-order chi connectivity index (χ0) is 21.0. The van der Waals surface area contributed by atoms with Crippen LogP contribution in [-0.4, -0.2) is 23.2 Å². The Balaban J connectivity index is 1.15. The highest BCUT2D eigenvalue weighted by Crippen LogP contribution is 2.34. The Morgan fingerprint density at radius 1 is 1.06 bits per heavy atom. The van der Waals surface area contributed by atoms with Gasteiger partial charge in [0.05, 0.1) is 21.2 Å². The summed E-state index contributed by atoms with van der Waals surface area (Å²) in [5, 5.41) is 8.94. The summed E-state index contributed by atoms with van der Waals surface area (Å²) < 4.78 is 14.2. The lowest BCUT2D eigenvalue weighted by Crippen LogP contribution is -2.13. The molecule has 2 heterocycles. The van der Waals surface area contributed by atoms with Crippen molar-refractivity contribution in [1.82, 2.24) is 10.3 Å². The Bertz CT molecular complexity index is 1210. The number of thioether (sulfide) groups is 1. The molecule has 4 nitrogen and oxygen atoms in total. The Kier molecular flexibility index (Phi) is 5.86. The minimum absolute atomic E-state index is 0.229. The van der Waals surface area contributed by atoms with Crippen LogP contribution in [0, 0.1) is 5.82 Å². The van der Waals surface area contributed by atoms with Crippen LogP contribution in [0.5, 0.6) is 0 Å². The smallest absolute Gasteiger partial charge is 0.183 e. The van der Waals surface area contributed by atoms with Crippen molar-refractivity contribution in [3.63, 3.8) is 0 Å². The molecule has 0 amide bonds. The molecule has 5 rings (SSSR count). The van der Waals surface area contributed by atoms with Gasteiger partial charge in [0.15, 0.2) is 10.3 Å². The van der Waals surface area contributed by atoms with Crippen molar-refractivity contribution in [3.05, 3.63) is 89.7 Å². The molecule has 0 saturated carbocycles. The first kappa shape index (κ1) is 20.0. The van der Waals surface area contributed by atoms with E-state index in [0.29, 0.717) is 5.25 Å². The first-order valence-corrected chi connectivity index (χ1v) is 11.9. The topological polar surface area (TPSA) is 49.3 Å². The van der Waals surface area contributed by atoms with Crippen LogP contribution < -0.4 is 10.6 Å². The van der Waals surface area contributed by atoms with Crippen LogP contribution in [-0.2, 0) is 6.42 Å². The zero-order valence-electron chi connectivity index (χ0n) is 16.7. The molecule has 1 unspecified atom stereocenters. The number of nitrogens with zero attached hydrogens (tertiary/aromatic N) is 2. The monoisotopic (exact) mass is 448 g/mol. The predicted octanol–water partition coefficient (Wildman–Crippen LogP) is 6.16. The van der Waals surface area contributed by atoms with Gasteiger partial charge in [0.1, 0.15) is 5.82 Å². The molecule has 0 bridgehead atoms. The molecule has 4 aromatic rings. The lowest BCUT2D eigenvalue weighted by molar-refractivity contribution is 0.630. The Hall–Kier alpha value is -2.90. The zero-order valence-corrected chi connectivity index (χ0v) is 18.3. The number of nitrogens with one attached hydrogen (secondary N) is 2. The molecule has 2 N–H and O–H groups in total. The Labute approximate surface area is 188 Å². The van der Waals surface area contributed by atoms with Crippen molar-refractivity contribution in [2.24, 2.45) is 4.99 Å². The van der Waals surface area contributed by atoms with Gasteiger partial charge in [0.2, 0.25) is 0 Å². The molecule has 0 aliphatic carbocycles. The molecule has 1 saturated heterocycles. The molecule has 31 heavy (non-hydrogen) atoms. The van der Waals surface area contributed by atoms with Gasteiger partial charge >= 0.3 is 0 Å². The average Bonchev–Trinajstić information content (AvgIpc) is 3.42. The number of aliphatic imine (C=N–C) groups is 1. The summed E-state index contributed by atoms with van der Waals surface area (Å²) in [5.41, 5.74) is 4.34. The highest BCUT2D eigenvalue weighted by atomic mass is 32.2. The normalized spacial score (nSPS) is 17.2. The van der Waals surface area contributed by atoms with Crippen molar-refractivity contribution in [2.75, 3.05) is 18.4 Å². The van der Waals surface area contributed by atoms with Crippen LogP contribution in [0.2, 0.25) is 0 Å². The maximum atomic E-state index is 13.3. The number of halogens is 1. The van der Waals surface area contributed by atoms with E-state index in [-0.39, 0.29) is 5.82 Å². The van der Waals surface area contributed by atoms with Crippen molar-refractivity contribution >= 4 is 49.3 Å². The van der Waals surface area contributed by atoms with E-state index in [9.17, 15) is 4.39 Å². The fraction of sp³-hybridized carbons (Fsp3) is 0.167. The summed E-state index contributed by atoms with van der Waals surface area (Å²) in [6.07, 6.45) is 0.879. The molecule has 7 heteroatoms. The number of hydrogen-bond acceptors (Lipinski definition) is 5. The molecule has 0 radical (unpaired) electrons. The number of aromatic nitrogens is 1. The van der Waals surface area contributed by atoms with E-state index in [4.69, 9.17) is 4.99 Å². The second-order valence-electron chi connectivity index (χ2n) is 7.29. The van der Waals surface area contributed by atoms with Gasteiger partial charge in [-0.1, -0.05) is 65.6 Å². The molecule has 1 aliphatic rings. The minimum Gasteiger partial charge on any atom is -0.363 e. The number of hydrogen-bond donors (Lipinski definition) is 2. The van der Waals surface area contributed by atoms with Crippen LogP contribution in [0.25, 0.3) is 10.2 Å². The Morgan fingerprint density at radius 2 is 1.90 bits per heavy atom. The molecule has 0 spiro atoms. The third kappa shape index (κ3) is 4.89. The first-order valence-electron chi connectivity index (χ1n) is 10.2. The van der Waals surface area contributed by atoms with Crippen molar-refractivity contribution in [2.45, 2.75) is 11.7 Å². The standard InChI is InChI=1S/C24H21FN4S2/c25-18-8-11-20-21(14-18)30-23(29-20)26-13-12-16-6-9-19(10-7-16)28-24-27-15-22(31-24)17-4-2-1-3-5-17/h1-11,14,22H,12-13,15H2,(H,26,29)(H,27,28). The van der Waals surface area contributed by atoms with E-state index in [1.165, 1.54) is 34.6 Å². The molecule has 156 valence electrons. The maximum Gasteiger partial charge on any atom is 0.183 e.